The summed E-state index contributed by atoms with van der Waals surface area (Å²) in [5.41, 5.74) is 1.32. The first-order chi connectivity index (χ1) is 9.79. The molecule has 1 aromatic carbocycles. The van der Waals surface area contributed by atoms with E-state index in [1.54, 1.807) is 24.4 Å². The first kappa shape index (κ1) is 12.3. The molecule has 4 nitrogen and oxygen atoms in total. The zero-order valence-electron chi connectivity index (χ0n) is 10.3. The minimum atomic E-state index is -0.146. The minimum absolute atomic E-state index is 0.143. The summed E-state index contributed by atoms with van der Waals surface area (Å²) in [5.74, 6) is -0.146. The molecule has 96 valence electrons. The largest absolute Gasteiger partial charge is 0.504 e. The highest BCUT2D eigenvalue weighted by Crippen LogP contribution is 2.30. The molecular formula is C15H9N3OS. The Morgan fingerprint density at radius 1 is 1.15 bits per heavy atom. The molecule has 0 fully saturated rings. The van der Waals surface area contributed by atoms with Crippen molar-refractivity contribution < 1.29 is 5.11 Å². The predicted molar refractivity (Wildman–Crippen MR) is 78.9 cm³/mol. The van der Waals surface area contributed by atoms with E-state index < -0.39 is 0 Å². The van der Waals surface area contributed by atoms with E-state index in [1.165, 1.54) is 11.3 Å². The fourth-order valence-electron chi connectivity index (χ4n) is 1.81. The quantitative estimate of drug-likeness (QED) is 0.574. The van der Waals surface area contributed by atoms with Gasteiger partial charge >= 0.3 is 0 Å². The third kappa shape index (κ3) is 2.13. The molecule has 0 saturated heterocycles. The zero-order chi connectivity index (χ0) is 13.9. The third-order valence-corrected chi connectivity index (χ3v) is 3.82. The number of pyridine rings is 1. The Hall–Kier alpha value is -2.71. The van der Waals surface area contributed by atoms with Crippen LogP contribution in [-0.4, -0.2) is 15.1 Å². The first-order valence-corrected chi connectivity index (χ1v) is 6.72. The summed E-state index contributed by atoms with van der Waals surface area (Å²) in [6, 6.07) is 14.8. The number of thiazole rings is 1. The van der Waals surface area contributed by atoms with Gasteiger partial charge in [0, 0.05) is 6.20 Å². The van der Waals surface area contributed by atoms with E-state index in [-0.39, 0.29) is 11.3 Å². The molecule has 0 radical (unpaired) electrons. The highest BCUT2D eigenvalue weighted by Gasteiger charge is 2.15. The maximum Gasteiger partial charge on any atom is 0.162 e. The standard InChI is InChI=1S/C15H9N3OS/c16-9-10(14(19)12-6-3-4-8-17-12)15-18-11-5-1-2-7-13(11)20-15/h1-8,19H. The van der Waals surface area contributed by atoms with Crippen molar-refractivity contribution in [3.05, 3.63) is 59.4 Å². The van der Waals surface area contributed by atoms with Gasteiger partial charge in [0.2, 0.25) is 0 Å². The summed E-state index contributed by atoms with van der Waals surface area (Å²) in [4.78, 5) is 8.43. The van der Waals surface area contributed by atoms with Crippen LogP contribution in [0.15, 0.2) is 48.7 Å². The summed E-state index contributed by atoms with van der Waals surface area (Å²) >= 11 is 1.37. The van der Waals surface area contributed by atoms with E-state index in [1.807, 2.05) is 30.3 Å². The molecule has 5 heteroatoms. The summed E-state index contributed by atoms with van der Waals surface area (Å²) in [7, 11) is 0. The minimum Gasteiger partial charge on any atom is -0.504 e. The van der Waals surface area contributed by atoms with Gasteiger partial charge in [-0.25, -0.2) is 4.98 Å². The van der Waals surface area contributed by atoms with Gasteiger partial charge in [0.15, 0.2) is 5.76 Å². The Morgan fingerprint density at radius 3 is 2.65 bits per heavy atom. The zero-order valence-corrected chi connectivity index (χ0v) is 11.1. The van der Waals surface area contributed by atoms with Crippen LogP contribution in [0.1, 0.15) is 10.7 Å². The molecular weight excluding hydrogens is 270 g/mol. The number of allylic oxidation sites excluding steroid dienone is 1. The average Bonchev–Trinajstić information content (AvgIpc) is 2.92. The number of para-hydroxylation sites is 1. The molecule has 3 aromatic rings. The predicted octanol–water partition coefficient (Wildman–Crippen LogP) is 3.64. The van der Waals surface area contributed by atoms with Gasteiger partial charge in [-0.1, -0.05) is 18.2 Å². The highest BCUT2D eigenvalue weighted by molar-refractivity contribution is 7.19. The normalized spacial score (nSPS) is 11.9. The van der Waals surface area contributed by atoms with Gasteiger partial charge < -0.3 is 5.11 Å². The van der Waals surface area contributed by atoms with E-state index >= 15 is 0 Å². The molecule has 0 atom stereocenters. The van der Waals surface area contributed by atoms with Gasteiger partial charge in [-0.2, -0.15) is 5.26 Å². The van der Waals surface area contributed by atoms with Crippen LogP contribution in [-0.2, 0) is 0 Å². The van der Waals surface area contributed by atoms with Crippen molar-refractivity contribution in [2.75, 3.05) is 0 Å². The molecule has 3 rings (SSSR count). The molecule has 2 heterocycles. The van der Waals surface area contributed by atoms with E-state index in [0.29, 0.717) is 10.7 Å². The number of nitrogens with zero attached hydrogens (tertiary/aromatic N) is 3. The number of fused-ring (bicyclic) bond motifs is 1. The van der Waals surface area contributed by atoms with E-state index in [9.17, 15) is 10.4 Å². The van der Waals surface area contributed by atoms with Gasteiger partial charge in [0.1, 0.15) is 22.3 Å². The van der Waals surface area contributed by atoms with E-state index in [0.717, 1.165) is 10.2 Å². The lowest BCUT2D eigenvalue weighted by atomic mass is 10.2. The van der Waals surface area contributed by atoms with E-state index in [4.69, 9.17) is 0 Å². The number of benzene rings is 1. The smallest absolute Gasteiger partial charge is 0.162 e. The molecule has 0 bridgehead atoms. The number of aromatic nitrogens is 2. The number of hydrogen-bond donors (Lipinski definition) is 1. The van der Waals surface area contributed by atoms with Crippen LogP contribution in [0, 0.1) is 11.3 Å². The van der Waals surface area contributed by atoms with Crippen LogP contribution in [0.25, 0.3) is 21.5 Å². The molecule has 0 aliphatic carbocycles. The molecule has 1 N–H and O–H groups in total. The highest BCUT2D eigenvalue weighted by atomic mass is 32.1. The van der Waals surface area contributed by atoms with Crippen molar-refractivity contribution in [3.63, 3.8) is 0 Å². The molecule has 0 saturated carbocycles. The summed E-state index contributed by atoms with van der Waals surface area (Å²) < 4.78 is 0.976. The second-order valence-corrected chi connectivity index (χ2v) is 5.07. The lowest BCUT2D eigenvalue weighted by Crippen LogP contribution is -1.92. The number of aliphatic hydroxyl groups excluding tert-OH is 1. The lowest BCUT2D eigenvalue weighted by Gasteiger charge is -2.00. The number of nitriles is 1. The van der Waals surface area contributed by atoms with E-state index in [2.05, 4.69) is 9.97 Å². The Labute approximate surface area is 119 Å². The van der Waals surface area contributed by atoms with Crippen LogP contribution < -0.4 is 0 Å². The molecule has 0 aliphatic rings. The Balaban J connectivity index is 2.17. The molecule has 20 heavy (non-hydrogen) atoms. The van der Waals surface area contributed by atoms with Gasteiger partial charge in [-0.05, 0) is 24.3 Å². The fourth-order valence-corrected chi connectivity index (χ4v) is 2.77. The Bertz CT molecular complexity index is 798. The van der Waals surface area contributed by atoms with Crippen molar-refractivity contribution in [1.29, 1.82) is 5.26 Å². The summed E-state index contributed by atoms with van der Waals surface area (Å²) in [6.07, 6.45) is 1.57. The average molecular weight is 279 g/mol. The third-order valence-electron chi connectivity index (χ3n) is 2.76. The maximum absolute atomic E-state index is 10.2. The van der Waals surface area contributed by atoms with Gasteiger partial charge in [0.25, 0.3) is 0 Å². The molecule has 0 aliphatic heterocycles. The number of rotatable bonds is 2. The Morgan fingerprint density at radius 2 is 1.95 bits per heavy atom. The molecule has 0 spiro atoms. The summed E-state index contributed by atoms with van der Waals surface area (Å²) in [6.45, 7) is 0. The topological polar surface area (TPSA) is 69.8 Å². The number of aliphatic hydroxyl groups is 1. The van der Waals surface area contributed by atoms with Gasteiger partial charge in [-0.15, -0.1) is 11.3 Å². The van der Waals surface area contributed by atoms with Crippen LogP contribution in [0.5, 0.6) is 0 Å². The first-order valence-electron chi connectivity index (χ1n) is 5.90. The van der Waals surface area contributed by atoms with Crippen LogP contribution >= 0.6 is 11.3 Å². The van der Waals surface area contributed by atoms with Crippen molar-refractivity contribution in [1.82, 2.24) is 9.97 Å². The maximum atomic E-state index is 10.2. The van der Waals surface area contributed by atoms with Crippen LogP contribution in [0.2, 0.25) is 0 Å². The molecule has 0 unspecified atom stereocenters. The SMILES string of the molecule is N#CC(=C(O)c1ccccn1)c1nc2ccccc2s1. The van der Waals surface area contributed by atoms with Crippen molar-refractivity contribution >= 4 is 32.9 Å². The van der Waals surface area contributed by atoms with Gasteiger partial charge in [0.05, 0.1) is 10.2 Å². The fraction of sp³-hybridized carbons (Fsp3) is 0. The van der Waals surface area contributed by atoms with Crippen LogP contribution in [0.4, 0.5) is 0 Å². The number of hydrogen-bond acceptors (Lipinski definition) is 5. The Kier molecular flexibility index (Phi) is 3.15. The molecule has 0 amide bonds. The van der Waals surface area contributed by atoms with Gasteiger partial charge in [-0.3, -0.25) is 4.98 Å². The second kappa shape index (κ2) is 5.11. The second-order valence-electron chi connectivity index (χ2n) is 4.04. The summed E-state index contributed by atoms with van der Waals surface area (Å²) in [5, 5.41) is 20.0. The molecule has 2 aromatic heterocycles. The monoisotopic (exact) mass is 279 g/mol. The van der Waals surface area contributed by atoms with Crippen molar-refractivity contribution in [3.8, 4) is 6.07 Å². The lowest BCUT2D eigenvalue weighted by molar-refractivity contribution is 0.511. The van der Waals surface area contributed by atoms with Crippen molar-refractivity contribution in [2.24, 2.45) is 0 Å². The van der Waals surface area contributed by atoms with Crippen molar-refractivity contribution in [2.45, 2.75) is 0 Å². The van der Waals surface area contributed by atoms with Crippen LogP contribution in [0.3, 0.4) is 0 Å².